The summed E-state index contributed by atoms with van der Waals surface area (Å²) in [6.07, 6.45) is -3.86. The molecule has 1 N–H and O–H groups in total. The number of rotatable bonds is 5. The summed E-state index contributed by atoms with van der Waals surface area (Å²) in [6.45, 7) is 1.25. The second kappa shape index (κ2) is 7.73. The van der Waals surface area contributed by atoms with E-state index >= 15 is 0 Å². The average Bonchev–Trinajstić information content (AvgIpc) is 2.62. The van der Waals surface area contributed by atoms with Crippen LogP contribution in [0.15, 0.2) is 48.8 Å². The van der Waals surface area contributed by atoms with Crippen LogP contribution >= 0.6 is 0 Å². The van der Waals surface area contributed by atoms with Crippen molar-refractivity contribution in [2.75, 3.05) is 0 Å². The summed E-state index contributed by atoms with van der Waals surface area (Å²) in [5.74, 6) is -2.12. The van der Waals surface area contributed by atoms with Crippen molar-refractivity contribution in [3.8, 4) is 0 Å². The van der Waals surface area contributed by atoms with Gasteiger partial charge in [0.05, 0.1) is 17.5 Å². The summed E-state index contributed by atoms with van der Waals surface area (Å²) in [4.78, 5) is 20.0. The minimum Gasteiger partial charge on any atom is -0.346 e. The molecular weight excluding hydrogens is 393 g/mol. The van der Waals surface area contributed by atoms with Gasteiger partial charge in [0.2, 0.25) is 5.95 Å². The third kappa shape index (κ3) is 5.24. The van der Waals surface area contributed by atoms with Gasteiger partial charge >= 0.3 is 6.18 Å². The van der Waals surface area contributed by atoms with E-state index < -0.39 is 35.8 Å². The summed E-state index contributed by atoms with van der Waals surface area (Å²) in [7, 11) is 0. The van der Waals surface area contributed by atoms with Gasteiger partial charge in [-0.2, -0.15) is 17.6 Å². The summed E-state index contributed by atoms with van der Waals surface area (Å²) < 4.78 is 66.1. The predicted octanol–water partition coefficient (Wildman–Crippen LogP) is 4.59. The lowest BCUT2D eigenvalue weighted by Gasteiger charge is -2.32. The smallest absolute Gasteiger partial charge is 0.346 e. The number of pyridine rings is 2. The minimum atomic E-state index is -4.56. The first-order chi connectivity index (χ1) is 13.5. The Hall–Kier alpha value is -3.10. The molecule has 0 aliphatic heterocycles. The molecule has 0 saturated carbocycles. The first kappa shape index (κ1) is 20.6. The Morgan fingerprint density at radius 3 is 2.48 bits per heavy atom. The molecule has 152 valence electrons. The van der Waals surface area contributed by atoms with Crippen molar-refractivity contribution in [2.24, 2.45) is 0 Å². The second-order valence-corrected chi connectivity index (χ2v) is 7.01. The van der Waals surface area contributed by atoms with E-state index in [-0.39, 0.29) is 17.5 Å². The number of benzene rings is 1. The molecule has 1 atom stereocenters. The molecule has 29 heavy (non-hydrogen) atoms. The third-order valence-corrected chi connectivity index (χ3v) is 4.31. The molecule has 3 rings (SSSR count). The summed E-state index contributed by atoms with van der Waals surface area (Å²) >= 11 is 0. The van der Waals surface area contributed by atoms with Gasteiger partial charge in [-0.05, 0) is 37.1 Å². The number of hydrogen-bond donors (Lipinski definition) is 1. The lowest BCUT2D eigenvalue weighted by molar-refractivity contribution is -0.147. The van der Waals surface area contributed by atoms with Crippen LogP contribution in [0.25, 0.3) is 10.9 Å². The monoisotopic (exact) mass is 409 g/mol. The number of carbonyl (C=O) groups excluding carboxylic acids is 1. The first-order valence-corrected chi connectivity index (χ1v) is 8.59. The quantitative estimate of drug-likeness (QED) is 0.495. The van der Waals surface area contributed by atoms with Crippen molar-refractivity contribution in [1.82, 2.24) is 15.3 Å². The number of nitrogens with one attached hydrogen (secondary N) is 1. The maximum absolute atomic E-state index is 13.7. The molecule has 3 aromatic rings. The Morgan fingerprint density at radius 2 is 1.83 bits per heavy atom. The van der Waals surface area contributed by atoms with Crippen LogP contribution in [0.4, 0.5) is 22.0 Å². The van der Waals surface area contributed by atoms with Crippen molar-refractivity contribution in [3.05, 3.63) is 71.7 Å². The molecule has 0 fully saturated rings. The lowest BCUT2D eigenvalue weighted by Crippen LogP contribution is -2.50. The fourth-order valence-electron chi connectivity index (χ4n) is 3.15. The molecule has 4 nitrogen and oxygen atoms in total. The topological polar surface area (TPSA) is 54.9 Å². The van der Waals surface area contributed by atoms with Gasteiger partial charge in [-0.3, -0.25) is 9.78 Å². The Bertz CT molecular complexity index is 1040. The maximum Gasteiger partial charge on any atom is 0.391 e. The van der Waals surface area contributed by atoms with Crippen LogP contribution in [-0.2, 0) is 6.42 Å². The second-order valence-electron chi connectivity index (χ2n) is 7.01. The van der Waals surface area contributed by atoms with E-state index in [4.69, 9.17) is 0 Å². The van der Waals surface area contributed by atoms with Crippen LogP contribution in [0, 0.1) is 11.8 Å². The highest BCUT2D eigenvalue weighted by atomic mass is 19.4. The molecule has 1 unspecified atom stereocenters. The van der Waals surface area contributed by atoms with E-state index in [0.717, 1.165) is 18.5 Å². The van der Waals surface area contributed by atoms with E-state index in [1.54, 1.807) is 6.07 Å². The molecule has 2 heterocycles. The molecule has 1 aromatic carbocycles. The molecular formula is C20H16F5N3O. The average molecular weight is 409 g/mol. The van der Waals surface area contributed by atoms with Crippen LogP contribution in [0.3, 0.4) is 0 Å². The zero-order chi connectivity index (χ0) is 21.2. The van der Waals surface area contributed by atoms with Gasteiger partial charge in [0.25, 0.3) is 5.91 Å². The highest BCUT2D eigenvalue weighted by Crippen LogP contribution is 2.30. The van der Waals surface area contributed by atoms with E-state index in [9.17, 15) is 26.7 Å². The van der Waals surface area contributed by atoms with Crippen molar-refractivity contribution >= 4 is 16.8 Å². The van der Waals surface area contributed by atoms with Crippen LogP contribution in [-0.4, -0.2) is 27.6 Å². The predicted molar refractivity (Wildman–Crippen MR) is 96.1 cm³/mol. The van der Waals surface area contributed by atoms with Gasteiger partial charge in [0, 0.05) is 17.8 Å². The molecule has 0 spiro atoms. The molecule has 0 radical (unpaired) electrons. The van der Waals surface area contributed by atoms with Gasteiger partial charge < -0.3 is 5.32 Å². The minimum absolute atomic E-state index is 0.00580. The Labute approximate surface area is 162 Å². The molecule has 2 aromatic heterocycles. The van der Waals surface area contributed by atoms with Crippen molar-refractivity contribution in [2.45, 2.75) is 31.5 Å². The van der Waals surface area contributed by atoms with E-state index in [0.29, 0.717) is 10.9 Å². The first-order valence-electron chi connectivity index (χ1n) is 8.59. The number of para-hydroxylation sites is 1. The molecule has 9 heteroatoms. The highest BCUT2D eigenvalue weighted by Gasteiger charge is 2.40. The largest absolute Gasteiger partial charge is 0.391 e. The Kier molecular flexibility index (Phi) is 5.50. The number of fused-ring (bicyclic) bond motifs is 1. The zero-order valence-corrected chi connectivity index (χ0v) is 15.2. The van der Waals surface area contributed by atoms with Crippen LogP contribution in [0.1, 0.15) is 29.3 Å². The summed E-state index contributed by atoms with van der Waals surface area (Å²) in [5.41, 5.74) is -1.34. The fourth-order valence-corrected chi connectivity index (χ4v) is 3.15. The molecule has 0 saturated heterocycles. The molecule has 0 aliphatic rings. The Balaban J connectivity index is 1.88. The summed E-state index contributed by atoms with van der Waals surface area (Å²) in [6, 6.07) is 7.90. The number of nitrogens with zero attached hydrogens (tertiary/aromatic N) is 2. The van der Waals surface area contributed by atoms with Crippen LogP contribution < -0.4 is 5.32 Å². The van der Waals surface area contributed by atoms with E-state index in [1.165, 1.54) is 31.2 Å². The third-order valence-electron chi connectivity index (χ3n) is 4.31. The van der Waals surface area contributed by atoms with Crippen molar-refractivity contribution in [3.63, 3.8) is 0 Å². The highest BCUT2D eigenvalue weighted by molar-refractivity contribution is 5.97. The number of carbonyl (C=O) groups is 1. The van der Waals surface area contributed by atoms with Gasteiger partial charge in [-0.1, -0.05) is 18.2 Å². The number of aromatic nitrogens is 2. The van der Waals surface area contributed by atoms with Crippen molar-refractivity contribution < 1.29 is 26.7 Å². The van der Waals surface area contributed by atoms with E-state index in [2.05, 4.69) is 15.3 Å². The molecule has 0 aliphatic carbocycles. The standard InChI is InChI=1S/C20H16F5N3O/c1-19(11-20(23,24)25,8-12-5-6-16(22)26-9-12)28-18(29)14-7-13-3-2-4-15(21)17(13)27-10-14/h2-7,9-10H,8,11H2,1H3,(H,28,29). The number of amides is 1. The number of hydrogen-bond acceptors (Lipinski definition) is 3. The van der Waals surface area contributed by atoms with Crippen LogP contribution in [0.5, 0.6) is 0 Å². The zero-order valence-electron chi connectivity index (χ0n) is 15.2. The fraction of sp³-hybridized carbons (Fsp3) is 0.250. The Morgan fingerprint density at radius 1 is 1.07 bits per heavy atom. The summed E-state index contributed by atoms with van der Waals surface area (Å²) in [5, 5.41) is 2.74. The normalized spacial score (nSPS) is 13.9. The lowest BCUT2D eigenvalue weighted by atomic mass is 9.89. The molecule has 0 bridgehead atoms. The number of halogens is 5. The van der Waals surface area contributed by atoms with Gasteiger partial charge in [0.1, 0.15) is 11.3 Å². The SMILES string of the molecule is CC(Cc1ccc(F)nc1)(CC(F)(F)F)NC(=O)c1cnc2c(F)cccc2c1. The van der Waals surface area contributed by atoms with Gasteiger partial charge in [0.15, 0.2) is 0 Å². The molecule has 1 amide bonds. The number of alkyl halides is 3. The maximum atomic E-state index is 13.7. The van der Waals surface area contributed by atoms with Gasteiger partial charge in [-0.25, -0.2) is 9.37 Å². The van der Waals surface area contributed by atoms with Crippen LogP contribution in [0.2, 0.25) is 0 Å². The van der Waals surface area contributed by atoms with Crippen molar-refractivity contribution in [1.29, 1.82) is 0 Å². The van der Waals surface area contributed by atoms with E-state index in [1.807, 2.05) is 0 Å². The van der Waals surface area contributed by atoms with Gasteiger partial charge in [-0.15, -0.1) is 0 Å².